The Bertz CT molecular complexity index is 723. The molecule has 0 aromatic heterocycles. The predicted molar refractivity (Wildman–Crippen MR) is 110 cm³/mol. The van der Waals surface area contributed by atoms with Crippen molar-refractivity contribution in [3.05, 3.63) is 52.5 Å². The largest absolute Gasteiger partial charge is 0.496 e. The second-order valence-corrected chi connectivity index (χ2v) is 5.40. The Hall–Kier alpha value is -1.67. The molecule has 0 amide bonds. The van der Waals surface area contributed by atoms with Gasteiger partial charge in [0.05, 0.1) is 25.8 Å². The lowest BCUT2D eigenvalue weighted by Gasteiger charge is -2.10. The maximum Gasteiger partial charge on any atom is 0.193 e. The quantitative estimate of drug-likeness (QED) is 0.398. The van der Waals surface area contributed by atoms with Crippen molar-refractivity contribution in [1.29, 1.82) is 0 Å². The number of aliphatic imine (C=N–C) groups is 1. The van der Waals surface area contributed by atoms with Crippen LogP contribution in [0.1, 0.15) is 11.1 Å². The van der Waals surface area contributed by atoms with Crippen molar-refractivity contribution >= 4 is 47.2 Å². The number of aryl methyl sites for hydroxylation is 1. The van der Waals surface area contributed by atoms with Crippen molar-refractivity contribution in [3.63, 3.8) is 0 Å². The van der Waals surface area contributed by atoms with E-state index < -0.39 is 0 Å². The van der Waals surface area contributed by atoms with Gasteiger partial charge < -0.3 is 20.5 Å². The van der Waals surface area contributed by atoms with Gasteiger partial charge in [-0.05, 0) is 36.8 Å². The Kier molecular flexibility index (Phi) is 8.14. The number of benzene rings is 2. The van der Waals surface area contributed by atoms with Crippen molar-refractivity contribution in [2.24, 2.45) is 10.7 Å². The van der Waals surface area contributed by atoms with Crippen LogP contribution < -0.4 is 20.5 Å². The summed E-state index contributed by atoms with van der Waals surface area (Å²) in [6.07, 6.45) is 0. The van der Waals surface area contributed by atoms with Crippen LogP contribution in [0.3, 0.4) is 0 Å². The topological polar surface area (TPSA) is 68.9 Å². The van der Waals surface area contributed by atoms with Gasteiger partial charge >= 0.3 is 0 Å². The summed E-state index contributed by atoms with van der Waals surface area (Å²) in [7, 11) is 3.21. The lowest BCUT2D eigenvalue weighted by molar-refractivity contribution is 0.409. The number of guanidine groups is 1. The normalized spacial score (nSPS) is 10.8. The molecule has 130 valence electrons. The zero-order valence-electron chi connectivity index (χ0n) is 13.8. The molecule has 2 aromatic carbocycles. The average molecular weight is 462 g/mol. The first-order valence-corrected chi connectivity index (χ1v) is 7.45. The average Bonchev–Trinajstić information content (AvgIpc) is 2.53. The van der Waals surface area contributed by atoms with E-state index in [4.69, 9.17) is 26.8 Å². The van der Waals surface area contributed by atoms with E-state index in [1.807, 2.05) is 31.2 Å². The second kappa shape index (κ2) is 9.58. The summed E-state index contributed by atoms with van der Waals surface area (Å²) in [6, 6.07) is 11.3. The van der Waals surface area contributed by atoms with Crippen LogP contribution in [-0.4, -0.2) is 20.2 Å². The van der Waals surface area contributed by atoms with Gasteiger partial charge in [0.15, 0.2) is 5.96 Å². The number of ether oxygens (including phenoxy) is 2. The summed E-state index contributed by atoms with van der Waals surface area (Å²) in [4.78, 5) is 4.33. The van der Waals surface area contributed by atoms with E-state index in [1.165, 1.54) is 0 Å². The number of nitrogens with one attached hydrogen (secondary N) is 1. The number of nitrogens with zero attached hydrogens (tertiary/aromatic N) is 1. The van der Waals surface area contributed by atoms with Crippen LogP contribution >= 0.6 is 35.6 Å². The van der Waals surface area contributed by atoms with E-state index in [1.54, 1.807) is 26.4 Å². The second-order valence-electron chi connectivity index (χ2n) is 4.99. The minimum absolute atomic E-state index is 0. The number of hydrogen-bond acceptors (Lipinski definition) is 3. The third kappa shape index (κ3) is 5.45. The van der Waals surface area contributed by atoms with Gasteiger partial charge in [-0.1, -0.05) is 23.7 Å². The Morgan fingerprint density at radius 2 is 1.83 bits per heavy atom. The molecule has 0 unspecified atom stereocenters. The maximum atomic E-state index is 6.08. The smallest absolute Gasteiger partial charge is 0.193 e. The fourth-order valence-electron chi connectivity index (χ4n) is 2.08. The summed E-state index contributed by atoms with van der Waals surface area (Å²) in [5, 5.41) is 3.51. The van der Waals surface area contributed by atoms with Crippen molar-refractivity contribution in [1.82, 2.24) is 0 Å². The van der Waals surface area contributed by atoms with E-state index in [9.17, 15) is 0 Å². The molecular weight excluding hydrogens is 441 g/mol. The minimum Gasteiger partial charge on any atom is -0.496 e. The van der Waals surface area contributed by atoms with Gasteiger partial charge in [0.1, 0.15) is 11.5 Å². The summed E-state index contributed by atoms with van der Waals surface area (Å²) in [5.74, 6) is 1.71. The maximum absolute atomic E-state index is 6.08. The molecule has 0 heterocycles. The van der Waals surface area contributed by atoms with Gasteiger partial charge in [0.25, 0.3) is 0 Å². The molecule has 2 aromatic rings. The first-order chi connectivity index (χ1) is 11.0. The first kappa shape index (κ1) is 20.4. The van der Waals surface area contributed by atoms with E-state index in [0.717, 1.165) is 22.6 Å². The number of halogens is 2. The Balaban J connectivity index is 0.00000288. The van der Waals surface area contributed by atoms with E-state index in [2.05, 4.69) is 10.3 Å². The molecule has 2 rings (SSSR count). The number of rotatable bonds is 5. The van der Waals surface area contributed by atoms with E-state index in [0.29, 0.717) is 23.3 Å². The van der Waals surface area contributed by atoms with E-state index >= 15 is 0 Å². The molecule has 0 spiro atoms. The number of anilines is 1. The van der Waals surface area contributed by atoms with Crippen LogP contribution in [0, 0.1) is 6.92 Å². The highest BCUT2D eigenvalue weighted by atomic mass is 127. The van der Waals surface area contributed by atoms with Gasteiger partial charge in [-0.2, -0.15) is 0 Å². The third-order valence-corrected chi connectivity index (χ3v) is 3.58. The molecule has 0 saturated carbocycles. The molecule has 3 N–H and O–H groups in total. The van der Waals surface area contributed by atoms with Crippen LogP contribution in [0.2, 0.25) is 5.02 Å². The fraction of sp³-hybridized carbons (Fsp3) is 0.235. The monoisotopic (exact) mass is 461 g/mol. The lowest BCUT2D eigenvalue weighted by atomic mass is 10.1. The van der Waals surface area contributed by atoms with Crippen molar-refractivity contribution in [2.45, 2.75) is 13.5 Å². The standard InChI is InChI=1S/C17H20ClN3O2.HI/c1-11-4-5-12(16(8-11)23-3)10-20-17(19)21-13-6-7-15(22-2)14(18)9-13;/h4-9H,10H2,1-3H3,(H3,19,20,21);1H. The summed E-state index contributed by atoms with van der Waals surface area (Å²) >= 11 is 6.08. The number of methoxy groups -OCH3 is 2. The summed E-state index contributed by atoms with van der Waals surface area (Å²) in [6.45, 7) is 2.44. The number of nitrogens with two attached hydrogens (primary N) is 1. The Morgan fingerprint density at radius 1 is 1.12 bits per heavy atom. The molecule has 0 aliphatic heterocycles. The van der Waals surface area contributed by atoms with Crippen LogP contribution in [0.5, 0.6) is 11.5 Å². The van der Waals surface area contributed by atoms with Crippen LogP contribution in [0.15, 0.2) is 41.4 Å². The van der Waals surface area contributed by atoms with Crippen molar-refractivity contribution in [3.8, 4) is 11.5 Å². The molecule has 24 heavy (non-hydrogen) atoms. The van der Waals surface area contributed by atoms with Gasteiger partial charge in [-0.15, -0.1) is 24.0 Å². The van der Waals surface area contributed by atoms with Gasteiger partial charge in [0.2, 0.25) is 0 Å². The van der Waals surface area contributed by atoms with Gasteiger partial charge in [0, 0.05) is 11.3 Å². The van der Waals surface area contributed by atoms with E-state index in [-0.39, 0.29) is 24.0 Å². The summed E-state index contributed by atoms with van der Waals surface area (Å²) in [5.41, 5.74) is 8.76. The van der Waals surface area contributed by atoms with Crippen LogP contribution in [0.25, 0.3) is 0 Å². The SMILES string of the molecule is COc1ccc(NC(N)=NCc2ccc(C)cc2OC)cc1Cl.I. The predicted octanol–water partition coefficient (Wildman–Crippen LogP) is 4.21. The molecule has 7 heteroatoms. The molecule has 0 fully saturated rings. The highest BCUT2D eigenvalue weighted by Gasteiger charge is 2.04. The van der Waals surface area contributed by atoms with Gasteiger partial charge in [-0.3, -0.25) is 0 Å². The molecule has 5 nitrogen and oxygen atoms in total. The zero-order chi connectivity index (χ0) is 16.8. The van der Waals surface area contributed by atoms with Gasteiger partial charge in [-0.25, -0.2) is 4.99 Å². The first-order valence-electron chi connectivity index (χ1n) is 7.07. The lowest BCUT2D eigenvalue weighted by Crippen LogP contribution is -2.22. The molecule has 0 saturated heterocycles. The molecule has 0 radical (unpaired) electrons. The molecule has 0 aliphatic rings. The van der Waals surface area contributed by atoms with Crippen molar-refractivity contribution < 1.29 is 9.47 Å². The van der Waals surface area contributed by atoms with Crippen LogP contribution in [-0.2, 0) is 6.54 Å². The zero-order valence-corrected chi connectivity index (χ0v) is 16.9. The van der Waals surface area contributed by atoms with Crippen molar-refractivity contribution in [2.75, 3.05) is 19.5 Å². The molecule has 0 atom stereocenters. The molecule has 0 bridgehead atoms. The van der Waals surface area contributed by atoms with Crippen LogP contribution in [0.4, 0.5) is 5.69 Å². The molecule has 0 aliphatic carbocycles. The Morgan fingerprint density at radius 3 is 2.46 bits per heavy atom. The minimum atomic E-state index is 0. The third-order valence-electron chi connectivity index (χ3n) is 3.29. The Labute approximate surface area is 164 Å². The summed E-state index contributed by atoms with van der Waals surface area (Å²) < 4.78 is 10.5. The highest BCUT2D eigenvalue weighted by Crippen LogP contribution is 2.27. The number of hydrogen-bond donors (Lipinski definition) is 2. The fourth-order valence-corrected chi connectivity index (χ4v) is 2.34. The highest BCUT2D eigenvalue weighted by molar-refractivity contribution is 14.0. The molecular formula is C17H21ClIN3O2.